The molecule has 6 nitrogen and oxygen atoms in total. The van der Waals surface area contributed by atoms with Crippen LogP contribution in [0.3, 0.4) is 0 Å². The topological polar surface area (TPSA) is 68.2 Å². The van der Waals surface area contributed by atoms with Gasteiger partial charge in [-0.15, -0.1) is 0 Å². The minimum Gasteiger partial charge on any atom is -0.497 e. The number of amides is 2. The third-order valence-electron chi connectivity index (χ3n) is 3.38. The molecule has 0 radical (unpaired) electrons. The number of urea groups is 1. The van der Waals surface area contributed by atoms with E-state index in [0.717, 1.165) is 11.3 Å². The molecular weight excluding hydrogens is 280 g/mol. The zero-order valence-electron chi connectivity index (χ0n) is 13.3. The average molecular weight is 302 g/mol. The molecule has 1 aromatic heterocycles. The van der Waals surface area contributed by atoms with Gasteiger partial charge in [0.1, 0.15) is 5.75 Å². The molecule has 0 spiro atoms. The lowest BCUT2D eigenvalue weighted by molar-refractivity contribution is 0.244. The normalized spacial score (nSPS) is 12.0. The molecule has 0 fully saturated rings. The van der Waals surface area contributed by atoms with Crippen molar-refractivity contribution >= 4 is 11.8 Å². The van der Waals surface area contributed by atoms with Gasteiger partial charge in [0.05, 0.1) is 13.2 Å². The molecule has 2 rings (SSSR count). The average Bonchev–Trinajstić information content (AvgIpc) is 2.89. The number of carbonyl (C=O) groups is 1. The van der Waals surface area contributed by atoms with Gasteiger partial charge in [0.15, 0.2) is 5.82 Å². The SMILES string of the molecule is COc1ccc(C(NC(=O)Nc2ccn(C)n2)C(C)C)cc1. The first-order valence-corrected chi connectivity index (χ1v) is 7.20. The highest BCUT2D eigenvalue weighted by molar-refractivity contribution is 5.88. The first-order chi connectivity index (χ1) is 10.5. The summed E-state index contributed by atoms with van der Waals surface area (Å²) in [4.78, 5) is 12.1. The highest BCUT2D eigenvalue weighted by atomic mass is 16.5. The highest BCUT2D eigenvalue weighted by Crippen LogP contribution is 2.24. The molecule has 118 valence electrons. The number of hydrogen-bond acceptors (Lipinski definition) is 3. The summed E-state index contributed by atoms with van der Waals surface area (Å²) in [6, 6.07) is 9.10. The first-order valence-electron chi connectivity index (χ1n) is 7.20. The van der Waals surface area contributed by atoms with Gasteiger partial charge in [-0.25, -0.2) is 4.79 Å². The van der Waals surface area contributed by atoms with Crippen molar-refractivity contribution in [2.45, 2.75) is 19.9 Å². The number of aryl methyl sites for hydroxylation is 1. The highest BCUT2D eigenvalue weighted by Gasteiger charge is 2.18. The molecule has 0 aliphatic heterocycles. The number of aromatic nitrogens is 2. The Morgan fingerprint density at radius 2 is 1.91 bits per heavy atom. The van der Waals surface area contributed by atoms with Crippen LogP contribution in [-0.4, -0.2) is 22.9 Å². The van der Waals surface area contributed by atoms with E-state index in [0.29, 0.717) is 5.82 Å². The van der Waals surface area contributed by atoms with Gasteiger partial charge in [-0.3, -0.25) is 10.00 Å². The summed E-state index contributed by atoms with van der Waals surface area (Å²) < 4.78 is 6.80. The fraction of sp³-hybridized carbons (Fsp3) is 0.375. The Balaban J connectivity index is 2.05. The fourth-order valence-corrected chi connectivity index (χ4v) is 2.22. The van der Waals surface area contributed by atoms with Crippen molar-refractivity contribution in [2.24, 2.45) is 13.0 Å². The summed E-state index contributed by atoms with van der Waals surface area (Å²) in [6.07, 6.45) is 1.78. The minimum atomic E-state index is -0.270. The molecule has 2 amide bonds. The fourth-order valence-electron chi connectivity index (χ4n) is 2.22. The van der Waals surface area contributed by atoms with Crippen LogP contribution in [0.5, 0.6) is 5.75 Å². The van der Waals surface area contributed by atoms with Crippen LogP contribution in [0.4, 0.5) is 10.6 Å². The largest absolute Gasteiger partial charge is 0.497 e. The van der Waals surface area contributed by atoms with Gasteiger partial charge < -0.3 is 10.1 Å². The minimum absolute atomic E-state index is 0.0883. The van der Waals surface area contributed by atoms with E-state index < -0.39 is 0 Å². The van der Waals surface area contributed by atoms with Gasteiger partial charge in [0, 0.05) is 19.3 Å². The second kappa shape index (κ2) is 6.98. The van der Waals surface area contributed by atoms with Crippen LogP contribution in [0, 0.1) is 5.92 Å². The monoisotopic (exact) mass is 302 g/mol. The van der Waals surface area contributed by atoms with Crippen LogP contribution >= 0.6 is 0 Å². The van der Waals surface area contributed by atoms with Crippen molar-refractivity contribution in [3.05, 3.63) is 42.1 Å². The Morgan fingerprint density at radius 3 is 2.41 bits per heavy atom. The lowest BCUT2D eigenvalue weighted by atomic mass is 9.96. The Kier molecular flexibility index (Phi) is 5.04. The second-order valence-corrected chi connectivity index (χ2v) is 5.47. The second-order valence-electron chi connectivity index (χ2n) is 5.47. The van der Waals surface area contributed by atoms with Crippen LogP contribution in [0.2, 0.25) is 0 Å². The number of methoxy groups -OCH3 is 1. The van der Waals surface area contributed by atoms with E-state index in [1.165, 1.54) is 0 Å². The van der Waals surface area contributed by atoms with E-state index in [-0.39, 0.29) is 18.0 Å². The van der Waals surface area contributed by atoms with Crippen molar-refractivity contribution in [2.75, 3.05) is 12.4 Å². The van der Waals surface area contributed by atoms with Crippen LogP contribution in [0.1, 0.15) is 25.5 Å². The summed E-state index contributed by atoms with van der Waals surface area (Å²) in [5.74, 6) is 1.57. The van der Waals surface area contributed by atoms with E-state index >= 15 is 0 Å². The Labute approximate surface area is 130 Å². The molecule has 0 saturated carbocycles. The van der Waals surface area contributed by atoms with Crippen molar-refractivity contribution in [1.82, 2.24) is 15.1 Å². The van der Waals surface area contributed by atoms with Gasteiger partial charge in [0.2, 0.25) is 0 Å². The smallest absolute Gasteiger partial charge is 0.320 e. The summed E-state index contributed by atoms with van der Waals surface area (Å²) in [5, 5.41) is 9.85. The van der Waals surface area contributed by atoms with Crippen molar-refractivity contribution < 1.29 is 9.53 Å². The van der Waals surface area contributed by atoms with Gasteiger partial charge in [-0.2, -0.15) is 5.10 Å². The van der Waals surface area contributed by atoms with Crippen LogP contribution in [0.15, 0.2) is 36.5 Å². The quantitative estimate of drug-likeness (QED) is 0.892. The molecule has 1 aromatic carbocycles. The molecule has 2 aromatic rings. The van der Waals surface area contributed by atoms with E-state index in [4.69, 9.17) is 4.74 Å². The third-order valence-corrected chi connectivity index (χ3v) is 3.38. The third kappa shape index (κ3) is 4.00. The molecule has 0 bridgehead atoms. The molecule has 0 aliphatic rings. The van der Waals surface area contributed by atoms with E-state index in [2.05, 4.69) is 29.6 Å². The molecule has 1 heterocycles. The Bertz CT molecular complexity index is 619. The lowest BCUT2D eigenvalue weighted by Crippen LogP contribution is -2.35. The summed E-state index contributed by atoms with van der Waals surface area (Å²) in [7, 11) is 3.44. The van der Waals surface area contributed by atoms with Crippen molar-refractivity contribution in [3.63, 3.8) is 0 Å². The van der Waals surface area contributed by atoms with Crippen LogP contribution in [-0.2, 0) is 7.05 Å². The Hall–Kier alpha value is -2.50. The molecule has 1 atom stereocenters. The first kappa shape index (κ1) is 15.9. The number of ether oxygens (including phenoxy) is 1. The predicted molar refractivity (Wildman–Crippen MR) is 85.9 cm³/mol. The Morgan fingerprint density at radius 1 is 1.23 bits per heavy atom. The summed E-state index contributed by atoms with van der Waals surface area (Å²) in [6.45, 7) is 4.13. The molecule has 2 N–H and O–H groups in total. The van der Waals surface area contributed by atoms with Gasteiger partial charge in [0.25, 0.3) is 0 Å². The van der Waals surface area contributed by atoms with Gasteiger partial charge in [-0.05, 0) is 23.6 Å². The molecule has 1 unspecified atom stereocenters. The number of rotatable bonds is 5. The molecular formula is C16H22N4O2. The number of carbonyl (C=O) groups excluding carboxylic acids is 1. The van der Waals surface area contributed by atoms with Gasteiger partial charge >= 0.3 is 6.03 Å². The number of nitrogens with one attached hydrogen (secondary N) is 2. The predicted octanol–water partition coefficient (Wildman–Crippen LogP) is 2.95. The zero-order chi connectivity index (χ0) is 16.1. The lowest BCUT2D eigenvalue weighted by Gasteiger charge is -2.23. The van der Waals surface area contributed by atoms with E-state index in [1.807, 2.05) is 24.3 Å². The molecule has 0 aliphatic carbocycles. The maximum Gasteiger partial charge on any atom is 0.320 e. The van der Waals surface area contributed by atoms with Crippen LogP contribution in [0.25, 0.3) is 0 Å². The molecule has 22 heavy (non-hydrogen) atoms. The van der Waals surface area contributed by atoms with Gasteiger partial charge in [-0.1, -0.05) is 26.0 Å². The number of benzene rings is 1. The molecule has 6 heteroatoms. The number of anilines is 1. The van der Waals surface area contributed by atoms with Crippen LogP contribution < -0.4 is 15.4 Å². The maximum atomic E-state index is 12.1. The number of hydrogen-bond donors (Lipinski definition) is 2. The van der Waals surface area contributed by atoms with E-state index in [1.54, 1.807) is 31.1 Å². The standard InChI is InChI=1S/C16H22N4O2/c1-11(2)15(12-5-7-13(22-4)8-6-12)18-16(21)17-14-9-10-20(3)19-14/h5-11,15H,1-4H3,(H2,17,18,19,21). The van der Waals surface area contributed by atoms with E-state index in [9.17, 15) is 4.79 Å². The molecule has 0 saturated heterocycles. The van der Waals surface area contributed by atoms with Crippen molar-refractivity contribution in [3.8, 4) is 5.75 Å². The zero-order valence-corrected chi connectivity index (χ0v) is 13.3. The summed E-state index contributed by atoms with van der Waals surface area (Å²) >= 11 is 0. The number of nitrogens with zero attached hydrogens (tertiary/aromatic N) is 2. The summed E-state index contributed by atoms with van der Waals surface area (Å²) in [5.41, 5.74) is 1.03. The maximum absolute atomic E-state index is 12.1. The van der Waals surface area contributed by atoms with Crippen molar-refractivity contribution in [1.29, 1.82) is 0 Å².